The molecule has 2 aliphatic heterocycles. The molecule has 1 aromatic heterocycles. The minimum absolute atomic E-state index is 0.0215. The van der Waals surface area contributed by atoms with E-state index < -0.39 is 9.84 Å². The Balaban J connectivity index is 1.31. The first-order valence-corrected chi connectivity index (χ1v) is 16.3. The lowest BCUT2D eigenvalue weighted by atomic mass is 9.91. The molecule has 7 nitrogen and oxygen atoms in total. The number of sulfone groups is 1. The molecule has 9 heteroatoms. The summed E-state index contributed by atoms with van der Waals surface area (Å²) in [5.74, 6) is 0.409. The van der Waals surface area contributed by atoms with Crippen molar-refractivity contribution in [1.29, 1.82) is 0 Å². The molecule has 212 valence electrons. The molecule has 2 fully saturated rings. The first-order valence-electron chi connectivity index (χ1n) is 14.0. The van der Waals surface area contributed by atoms with Crippen LogP contribution in [0.25, 0.3) is 5.69 Å². The number of carbonyl (C=O) groups excluding carboxylic acids is 1. The predicted molar refractivity (Wildman–Crippen MR) is 162 cm³/mol. The SMILES string of the molecule is CS(=O)(=O)c1ccc(N2CCCC(c3c(C(=O)N4CC[C@H](c5ccccc5)C4)cnn3-c3ccc(Cl)cc3)C2)cc1. The zero-order valence-corrected chi connectivity index (χ0v) is 24.6. The molecule has 2 aliphatic rings. The van der Waals surface area contributed by atoms with E-state index >= 15 is 0 Å². The predicted octanol–water partition coefficient (Wildman–Crippen LogP) is 5.94. The second kappa shape index (κ2) is 11.3. The Labute approximate surface area is 246 Å². The molecular formula is C32H33ClN4O3S. The summed E-state index contributed by atoms with van der Waals surface area (Å²) in [7, 11) is -3.26. The Morgan fingerprint density at radius 3 is 2.27 bits per heavy atom. The number of halogens is 1. The number of benzene rings is 3. The fourth-order valence-electron chi connectivity index (χ4n) is 6.15. The number of amides is 1. The summed E-state index contributed by atoms with van der Waals surface area (Å²) in [6.45, 7) is 2.97. The van der Waals surface area contributed by atoms with Gasteiger partial charge in [-0.05, 0) is 73.4 Å². The van der Waals surface area contributed by atoms with Crippen molar-refractivity contribution >= 4 is 33.0 Å². The van der Waals surface area contributed by atoms with Crippen LogP contribution in [-0.2, 0) is 9.84 Å². The van der Waals surface area contributed by atoms with Crippen molar-refractivity contribution in [3.8, 4) is 5.69 Å². The molecule has 41 heavy (non-hydrogen) atoms. The van der Waals surface area contributed by atoms with Gasteiger partial charge in [0.1, 0.15) is 0 Å². The highest BCUT2D eigenvalue weighted by Gasteiger charge is 2.34. The number of aromatic nitrogens is 2. The summed E-state index contributed by atoms with van der Waals surface area (Å²) in [5, 5.41) is 5.38. The number of hydrogen-bond acceptors (Lipinski definition) is 5. The first kappa shape index (κ1) is 27.5. The van der Waals surface area contributed by atoms with Crippen LogP contribution in [0.3, 0.4) is 0 Å². The van der Waals surface area contributed by atoms with E-state index in [2.05, 4.69) is 29.2 Å². The number of rotatable bonds is 6. The van der Waals surface area contributed by atoms with Gasteiger partial charge in [0.05, 0.1) is 28.0 Å². The van der Waals surface area contributed by atoms with Crippen molar-refractivity contribution < 1.29 is 13.2 Å². The third-order valence-electron chi connectivity index (χ3n) is 8.29. The molecule has 1 unspecified atom stereocenters. The van der Waals surface area contributed by atoms with Gasteiger partial charge in [0.2, 0.25) is 0 Å². The summed E-state index contributed by atoms with van der Waals surface area (Å²) >= 11 is 6.18. The third kappa shape index (κ3) is 5.76. The topological polar surface area (TPSA) is 75.5 Å². The molecule has 2 atom stereocenters. The molecular weight excluding hydrogens is 556 g/mol. The molecule has 0 spiro atoms. The summed E-state index contributed by atoms with van der Waals surface area (Å²) in [6.07, 6.45) is 5.75. The highest BCUT2D eigenvalue weighted by Crippen LogP contribution is 2.35. The zero-order valence-electron chi connectivity index (χ0n) is 23.0. The van der Waals surface area contributed by atoms with Gasteiger partial charge in [-0.3, -0.25) is 4.79 Å². The Bertz CT molecular complexity index is 1640. The maximum absolute atomic E-state index is 14.1. The number of nitrogens with zero attached hydrogens (tertiary/aromatic N) is 4. The van der Waals surface area contributed by atoms with Crippen molar-refractivity contribution in [3.63, 3.8) is 0 Å². The Kier molecular flexibility index (Phi) is 7.62. The van der Waals surface area contributed by atoms with Crippen LogP contribution in [0.1, 0.15) is 52.7 Å². The van der Waals surface area contributed by atoms with Gasteiger partial charge in [0.15, 0.2) is 9.84 Å². The Morgan fingerprint density at radius 1 is 0.854 bits per heavy atom. The first-order chi connectivity index (χ1) is 19.8. The molecule has 1 amide bonds. The maximum atomic E-state index is 14.1. The lowest BCUT2D eigenvalue weighted by Gasteiger charge is -2.35. The summed E-state index contributed by atoms with van der Waals surface area (Å²) in [4.78, 5) is 18.6. The van der Waals surface area contributed by atoms with Gasteiger partial charge in [-0.2, -0.15) is 5.10 Å². The summed E-state index contributed by atoms with van der Waals surface area (Å²) in [6, 6.07) is 25.0. The van der Waals surface area contributed by atoms with E-state index in [0.29, 0.717) is 41.0 Å². The molecule has 3 aromatic carbocycles. The highest BCUT2D eigenvalue weighted by atomic mass is 35.5. The fraction of sp³-hybridized carbons (Fsp3) is 0.312. The smallest absolute Gasteiger partial charge is 0.257 e. The third-order valence-corrected chi connectivity index (χ3v) is 9.67. The number of piperidine rings is 1. The van der Waals surface area contributed by atoms with Crippen molar-refractivity contribution in [3.05, 3.63) is 107 Å². The molecule has 0 bridgehead atoms. The Hall–Kier alpha value is -3.62. The lowest BCUT2D eigenvalue weighted by molar-refractivity contribution is 0.0789. The second-order valence-corrected chi connectivity index (χ2v) is 13.5. The standard InChI is InChI=1S/C32H33ClN4O3S/c1-41(39,40)29-15-13-27(14-16-29)35-18-5-8-25(22-35)31-30(20-34-37(31)28-11-9-26(33)10-12-28)32(38)36-19-17-24(21-36)23-6-3-2-4-7-23/h2-4,6-7,9-16,20,24-25H,5,8,17-19,21-22H2,1H3/t24-,25?/m0/s1. The minimum Gasteiger partial charge on any atom is -0.371 e. The quantitative estimate of drug-likeness (QED) is 0.278. The molecule has 0 saturated carbocycles. The molecule has 0 N–H and O–H groups in total. The van der Waals surface area contributed by atoms with Crippen LogP contribution in [0.2, 0.25) is 5.02 Å². The molecule has 6 rings (SSSR count). The number of carbonyl (C=O) groups is 1. The second-order valence-electron chi connectivity index (χ2n) is 11.0. The molecule has 2 saturated heterocycles. The largest absolute Gasteiger partial charge is 0.371 e. The van der Waals surface area contributed by atoms with Gasteiger partial charge in [0.25, 0.3) is 5.91 Å². The normalized spacial score (nSPS) is 19.5. The Morgan fingerprint density at radius 2 is 1.56 bits per heavy atom. The van der Waals surface area contributed by atoms with Crippen LogP contribution >= 0.6 is 11.6 Å². The van der Waals surface area contributed by atoms with Crippen molar-refractivity contribution in [2.24, 2.45) is 0 Å². The summed E-state index contributed by atoms with van der Waals surface area (Å²) < 4.78 is 25.8. The van der Waals surface area contributed by atoms with Gasteiger partial charge >= 0.3 is 0 Å². The van der Waals surface area contributed by atoms with E-state index in [1.807, 2.05) is 52.0 Å². The van der Waals surface area contributed by atoms with Crippen LogP contribution in [0, 0.1) is 0 Å². The molecule has 4 aromatic rings. The van der Waals surface area contributed by atoms with Crippen LogP contribution in [0.4, 0.5) is 5.69 Å². The highest BCUT2D eigenvalue weighted by molar-refractivity contribution is 7.90. The van der Waals surface area contributed by atoms with Crippen LogP contribution in [-0.4, -0.2) is 61.4 Å². The van der Waals surface area contributed by atoms with E-state index in [0.717, 1.165) is 42.9 Å². The van der Waals surface area contributed by atoms with E-state index in [-0.39, 0.29) is 11.8 Å². The van der Waals surface area contributed by atoms with Gasteiger partial charge < -0.3 is 9.80 Å². The molecule has 3 heterocycles. The van der Waals surface area contributed by atoms with Crippen LogP contribution < -0.4 is 4.90 Å². The maximum Gasteiger partial charge on any atom is 0.257 e. The van der Waals surface area contributed by atoms with E-state index in [4.69, 9.17) is 16.7 Å². The van der Waals surface area contributed by atoms with E-state index in [1.54, 1.807) is 18.3 Å². The van der Waals surface area contributed by atoms with Crippen molar-refractivity contribution in [2.75, 3.05) is 37.3 Å². The fourth-order valence-corrected chi connectivity index (χ4v) is 6.91. The van der Waals surface area contributed by atoms with Gasteiger partial charge in [-0.15, -0.1) is 0 Å². The minimum atomic E-state index is -3.26. The lowest BCUT2D eigenvalue weighted by Crippen LogP contribution is -2.36. The number of likely N-dealkylation sites (tertiary alicyclic amines) is 1. The van der Waals surface area contributed by atoms with Crippen molar-refractivity contribution in [2.45, 2.75) is 36.0 Å². The van der Waals surface area contributed by atoms with E-state index in [1.165, 1.54) is 11.8 Å². The van der Waals surface area contributed by atoms with Crippen molar-refractivity contribution in [1.82, 2.24) is 14.7 Å². The average molecular weight is 589 g/mol. The number of hydrogen-bond donors (Lipinski definition) is 0. The average Bonchev–Trinajstić information content (AvgIpc) is 3.66. The summed E-state index contributed by atoms with van der Waals surface area (Å²) in [5.41, 5.74) is 4.66. The van der Waals surface area contributed by atoms with Gasteiger partial charge in [-0.25, -0.2) is 13.1 Å². The monoisotopic (exact) mass is 588 g/mol. The number of anilines is 1. The van der Waals surface area contributed by atoms with Crippen LogP contribution in [0.5, 0.6) is 0 Å². The van der Waals surface area contributed by atoms with Crippen LogP contribution in [0.15, 0.2) is 90.0 Å². The molecule has 0 aliphatic carbocycles. The zero-order chi connectivity index (χ0) is 28.6. The van der Waals surface area contributed by atoms with Gasteiger partial charge in [-0.1, -0.05) is 41.9 Å². The van der Waals surface area contributed by atoms with Gasteiger partial charge in [0, 0.05) is 55.0 Å². The molecule has 0 radical (unpaired) electrons. The van der Waals surface area contributed by atoms with E-state index in [9.17, 15) is 13.2 Å².